The summed E-state index contributed by atoms with van der Waals surface area (Å²) in [5.41, 5.74) is -2.81. The Balaban J connectivity index is 0.000000152. The molecule has 0 bridgehead atoms. The summed E-state index contributed by atoms with van der Waals surface area (Å²) in [5.74, 6) is 0.439. The smallest absolute Gasteiger partial charge is 0.337 e. The number of benzene rings is 6. The molecule has 594 valence electrons. The summed E-state index contributed by atoms with van der Waals surface area (Å²) in [6, 6.07) is 45.5. The van der Waals surface area contributed by atoms with Gasteiger partial charge in [0.2, 0.25) is 0 Å². The molecular formula is C84H66F3I3N12O15. The van der Waals surface area contributed by atoms with E-state index in [0.29, 0.717) is 61.8 Å². The number of fused-ring (bicyclic) bond motifs is 3. The van der Waals surface area contributed by atoms with Gasteiger partial charge in [-0.2, -0.15) is 0 Å². The van der Waals surface area contributed by atoms with Crippen molar-refractivity contribution >= 4 is 101 Å². The van der Waals surface area contributed by atoms with Crippen LogP contribution in [-0.4, -0.2) is 77.4 Å². The number of methoxy groups -OCH3 is 3. The van der Waals surface area contributed by atoms with Crippen LogP contribution in [0.25, 0.3) is 50.2 Å². The van der Waals surface area contributed by atoms with Crippen molar-refractivity contribution in [3.05, 3.63) is 356 Å². The monoisotopic (exact) mass is 1920 g/mol. The maximum absolute atomic E-state index is 15.3. The lowest BCUT2D eigenvalue weighted by molar-refractivity contribution is 0.414. The molecule has 0 atom stereocenters. The van der Waals surface area contributed by atoms with Gasteiger partial charge in [-0.3, -0.25) is 71.1 Å². The molecule has 6 aromatic carbocycles. The molecule has 0 saturated carbocycles. The fraction of sp³-hybridized carbons (Fsp3) is 0.143. The summed E-state index contributed by atoms with van der Waals surface area (Å²) in [5, 5.41) is -0.195. The van der Waals surface area contributed by atoms with Crippen LogP contribution in [0.15, 0.2) is 244 Å². The van der Waals surface area contributed by atoms with Crippen molar-refractivity contribution in [3.8, 4) is 68.8 Å². The second-order valence-electron chi connectivity index (χ2n) is 26.4. The molecule has 33 heteroatoms. The van der Waals surface area contributed by atoms with Crippen LogP contribution in [0, 0.1) is 48.9 Å². The Morgan fingerprint density at radius 1 is 0.368 bits per heavy atom. The maximum atomic E-state index is 15.3. The second-order valence-corrected chi connectivity index (χ2v) is 30.1. The highest BCUT2D eigenvalue weighted by molar-refractivity contribution is 14.1. The van der Waals surface area contributed by atoms with Gasteiger partial charge in [0.25, 0.3) is 33.4 Å². The molecular weight excluding hydrogens is 1850 g/mol. The molecule has 0 fully saturated rings. The van der Waals surface area contributed by atoms with E-state index in [4.69, 9.17) is 28.4 Å². The molecule has 0 aliphatic heterocycles. The number of pyridine rings is 6. The van der Waals surface area contributed by atoms with Gasteiger partial charge in [0.1, 0.15) is 102 Å². The number of nitrogens with zero attached hydrogens (tertiary/aromatic N) is 12. The van der Waals surface area contributed by atoms with Crippen LogP contribution >= 0.6 is 67.8 Å². The molecule has 0 unspecified atom stereocenters. The van der Waals surface area contributed by atoms with Gasteiger partial charge >= 0.3 is 17.1 Å². The SMILES string of the molecule is COc1ccc(Cn2c(=O)c3c(Oc4ccc(C)nc4)cc(=O)n(C)c3n(-c3ccc(I)cc3F)c2=O)cc1.COc1ccc(Cn2c(=O)c3c(Oc4cccnc4C)cc(=O)n(C)c3n(-c3ccc(I)cc3F)c2=O)cc1.COc1ccc(Cn2c(=O)c3c(Oc4cncc(C)c4)cc(=O)n(C)c3n(-c3ccc(I)cc3F)c2=O)cc1. The molecule has 9 aromatic heterocycles. The summed E-state index contributed by atoms with van der Waals surface area (Å²) in [6.07, 6.45) is 6.13. The Morgan fingerprint density at radius 3 is 1.04 bits per heavy atom. The van der Waals surface area contributed by atoms with Gasteiger partial charge in [0, 0.05) is 68.1 Å². The lowest BCUT2D eigenvalue weighted by atomic mass is 10.2. The Morgan fingerprint density at radius 2 is 0.718 bits per heavy atom. The van der Waals surface area contributed by atoms with E-state index in [0.717, 1.165) is 52.4 Å². The number of hydrogen-bond donors (Lipinski definition) is 0. The van der Waals surface area contributed by atoms with Crippen LogP contribution in [0.3, 0.4) is 0 Å². The van der Waals surface area contributed by atoms with E-state index in [9.17, 15) is 43.2 Å². The third kappa shape index (κ3) is 17.0. The standard InChI is InChI=1S/3C28H22FIN4O5/c1-16-4-8-20(14-31-16)39-23-13-24(35)32(2)26-25(23)27(36)33(15-17-5-9-19(38-3)10-6-17)28(37)34(26)22-11-7-18(30)12-21(22)29;1-16-10-20(14-31-13-16)39-23-12-24(35)32(2)26-25(23)27(36)33(15-17-4-7-19(38-3)8-5-17)28(37)34(26)22-9-6-18(30)11-21(22)29;1-16-22(5-4-12-31-16)39-23-14-24(35)32(2)26-25(23)27(36)33(15-17-6-9-19(38-3)10-7-17)28(37)34(26)21-11-8-18(30)13-20(21)29/h3*4-14H,15H2,1-3H3. The largest absolute Gasteiger partial charge is 0.497 e. The molecule has 117 heavy (non-hydrogen) atoms. The van der Waals surface area contributed by atoms with E-state index >= 15 is 13.2 Å². The minimum atomic E-state index is -0.812. The quantitative estimate of drug-likeness (QED) is 0.0721. The summed E-state index contributed by atoms with van der Waals surface area (Å²) >= 11 is 5.88. The number of aryl methyl sites for hydroxylation is 6. The van der Waals surface area contributed by atoms with Gasteiger partial charge in [-0.05, 0) is 232 Å². The molecule has 9 heterocycles. The van der Waals surface area contributed by atoms with Crippen LogP contribution in [0.2, 0.25) is 0 Å². The van der Waals surface area contributed by atoms with E-state index in [-0.39, 0.29) is 92.8 Å². The summed E-state index contributed by atoms with van der Waals surface area (Å²) in [4.78, 5) is 135. The molecule has 0 saturated heterocycles. The van der Waals surface area contributed by atoms with E-state index in [2.05, 4.69) is 15.0 Å². The third-order valence-corrected chi connectivity index (χ3v) is 20.7. The summed E-state index contributed by atoms with van der Waals surface area (Å²) in [6.45, 7) is 5.01. The normalized spacial score (nSPS) is 11.1. The molecule has 0 aliphatic rings. The maximum Gasteiger partial charge on any atom is 0.337 e. The Bertz CT molecular complexity index is 7050. The van der Waals surface area contributed by atoms with Crippen molar-refractivity contribution in [2.75, 3.05) is 21.3 Å². The first-order chi connectivity index (χ1) is 56.0. The first kappa shape index (κ1) is 82.2. The lowest BCUT2D eigenvalue weighted by Gasteiger charge is -2.19. The van der Waals surface area contributed by atoms with E-state index < -0.39 is 67.9 Å². The van der Waals surface area contributed by atoms with Crippen LogP contribution < -0.4 is 78.8 Å². The number of halogens is 6. The van der Waals surface area contributed by atoms with Crippen molar-refractivity contribution < 1.29 is 41.6 Å². The fourth-order valence-electron chi connectivity index (χ4n) is 12.8. The van der Waals surface area contributed by atoms with Crippen LogP contribution in [0.1, 0.15) is 33.6 Å². The Labute approximate surface area is 700 Å². The molecule has 15 rings (SSSR count). The number of rotatable bonds is 18. The molecule has 0 N–H and O–H groups in total. The minimum Gasteiger partial charge on any atom is -0.497 e. The lowest BCUT2D eigenvalue weighted by Crippen LogP contribution is -2.42. The highest BCUT2D eigenvalue weighted by Gasteiger charge is 2.29. The zero-order valence-corrected chi connectivity index (χ0v) is 69.9. The highest BCUT2D eigenvalue weighted by Crippen LogP contribution is 2.33. The first-order valence-corrected chi connectivity index (χ1v) is 38.5. The highest BCUT2D eigenvalue weighted by atomic mass is 127. The van der Waals surface area contributed by atoms with Gasteiger partial charge in [-0.25, -0.2) is 41.3 Å². The van der Waals surface area contributed by atoms with Crippen molar-refractivity contribution in [1.29, 1.82) is 0 Å². The van der Waals surface area contributed by atoms with Crippen molar-refractivity contribution in [3.63, 3.8) is 0 Å². The van der Waals surface area contributed by atoms with E-state index in [1.807, 2.05) is 81.6 Å². The summed E-state index contributed by atoms with van der Waals surface area (Å²) in [7, 11) is 8.84. The zero-order chi connectivity index (χ0) is 83.5. The first-order valence-electron chi connectivity index (χ1n) is 35.3. The van der Waals surface area contributed by atoms with Gasteiger partial charge in [-0.1, -0.05) is 36.4 Å². The number of aromatic nitrogens is 12. The van der Waals surface area contributed by atoms with E-state index in [1.165, 1.54) is 109 Å². The molecule has 0 radical (unpaired) electrons. The fourth-order valence-corrected chi connectivity index (χ4v) is 14.1. The third-order valence-electron chi connectivity index (χ3n) is 18.7. The second kappa shape index (κ2) is 34.7. The Hall–Kier alpha value is -12.8. The molecule has 0 amide bonds. The van der Waals surface area contributed by atoms with Crippen molar-refractivity contribution in [1.82, 2.24) is 56.1 Å². The number of hydrogen-bond acceptors (Lipinski definition) is 18. The van der Waals surface area contributed by atoms with Gasteiger partial charge in [0.15, 0.2) is 0 Å². The van der Waals surface area contributed by atoms with Crippen LogP contribution in [-0.2, 0) is 40.8 Å². The predicted octanol–water partition coefficient (Wildman–Crippen LogP) is 12.4. The van der Waals surface area contributed by atoms with E-state index in [1.54, 1.807) is 141 Å². The number of ether oxygens (including phenoxy) is 6. The summed E-state index contributed by atoms with van der Waals surface area (Å²) < 4.78 is 90.9. The minimum absolute atomic E-state index is 0.0635. The van der Waals surface area contributed by atoms with Gasteiger partial charge in [-0.15, -0.1) is 0 Å². The average molecular weight is 1920 g/mol. The average Bonchev–Trinajstić information content (AvgIpc) is 0.739. The molecule has 27 nitrogen and oxygen atoms in total. The molecule has 0 aliphatic carbocycles. The molecule has 15 aromatic rings. The Kier molecular flexibility index (Phi) is 24.4. The van der Waals surface area contributed by atoms with Gasteiger partial charge in [0.05, 0.1) is 76.1 Å². The van der Waals surface area contributed by atoms with Crippen molar-refractivity contribution in [2.45, 2.75) is 40.4 Å². The zero-order valence-electron chi connectivity index (χ0n) is 63.4. The van der Waals surface area contributed by atoms with Crippen LogP contribution in [0.4, 0.5) is 13.2 Å². The van der Waals surface area contributed by atoms with Crippen LogP contribution in [0.5, 0.6) is 51.7 Å². The van der Waals surface area contributed by atoms with Gasteiger partial charge < -0.3 is 28.4 Å². The predicted molar refractivity (Wildman–Crippen MR) is 459 cm³/mol. The molecule has 0 spiro atoms. The van der Waals surface area contributed by atoms with Crippen molar-refractivity contribution in [2.24, 2.45) is 21.1 Å². The topological polar surface area (TPSA) is 292 Å².